The Hall–Kier alpha value is -0.850. The maximum absolute atomic E-state index is 9.73. The normalized spacial score (nSPS) is 24.9. The molecule has 2 unspecified atom stereocenters. The molecule has 2 atom stereocenters. The Bertz CT molecular complexity index is 371. The fourth-order valence-electron chi connectivity index (χ4n) is 2.14. The molecule has 0 saturated carbocycles. The van der Waals surface area contributed by atoms with E-state index in [1.807, 2.05) is 19.0 Å². The third-order valence-electron chi connectivity index (χ3n) is 2.78. The minimum atomic E-state index is -0.341. The van der Waals surface area contributed by atoms with Crippen molar-refractivity contribution in [3.05, 3.63) is 5.89 Å². The molecule has 1 aliphatic heterocycles. The van der Waals surface area contributed by atoms with Crippen molar-refractivity contribution in [3.63, 3.8) is 0 Å². The first-order chi connectivity index (χ1) is 8.10. The number of anilines is 1. The van der Waals surface area contributed by atoms with Crippen LogP contribution in [0.15, 0.2) is 4.42 Å². The minimum Gasteiger partial charge on any atom is -0.407 e. The summed E-state index contributed by atoms with van der Waals surface area (Å²) >= 11 is 5.62. The van der Waals surface area contributed by atoms with Gasteiger partial charge in [-0.2, -0.15) is 0 Å². The van der Waals surface area contributed by atoms with Crippen LogP contribution >= 0.6 is 11.6 Å². The van der Waals surface area contributed by atoms with Crippen LogP contribution in [-0.2, 0) is 5.88 Å². The standard InChI is InChI=1S/C10H17ClN4O2/c1-14(2)5-7-3-8(16)6-15(7)10-13-12-9(4-11)17-10/h7-8,16H,3-6H2,1-2H3. The minimum absolute atomic E-state index is 0.198. The smallest absolute Gasteiger partial charge is 0.318 e. The van der Waals surface area contributed by atoms with E-state index in [1.54, 1.807) is 0 Å². The number of β-amino-alcohol motifs (C(OH)–C–C–N with tert-alkyl or cyclic N) is 1. The molecule has 6 nitrogen and oxygen atoms in total. The molecule has 7 heteroatoms. The average Bonchev–Trinajstić information content (AvgIpc) is 2.83. The van der Waals surface area contributed by atoms with Gasteiger partial charge in [0.15, 0.2) is 0 Å². The third-order valence-corrected chi connectivity index (χ3v) is 3.01. The summed E-state index contributed by atoms with van der Waals surface area (Å²) in [4.78, 5) is 4.03. The zero-order valence-electron chi connectivity index (χ0n) is 10.0. The summed E-state index contributed by atoms with van der Waals surface area (Å²) in [6.45, 7) is 1.37. The van der Waals surface area contributed by atoms with Gasteiger partial charge in [-0.15, -0.1) is 16.7 Å². The van der Waals surface area contributed by atoms with Crippen LogP contribution in [0.4, 0.5) is 6.01 Å². The molecule has 2 rings (SSSR count). The second-order valence-corrected chi connectivity index (χ2v) is 4.84. The average molecular weight is 261 g/mol. The van der Waals surface area contributed by atoms with Gasteiger partial charge < -0.3 is 19.3 Å². The molecular formula is C10H17ClN4O2. The lowest BCUT2D eigenvalue weighted by molar-refractivity contribution is 0.191. The summed E-state index contributed by atoms with van der Waals surface area (Å²) in [5, 5.41) is 17.5. The molecule has 0 amide bonds. The largest absolute Gasteiger partial charge is 0.407 e. The maximum atomic E-state index is 9.73. The highest BCUT2D eigenvalue weighted by Gasteiger charge is 2.34. The number of nitrogens with zero attached hydrogens (tertiary/aromatic N) is 4. The Morgan fingerprint density at radius 2 is 2.29 bits per heavy atom. The van der Waals surface area contributed by atoms with Gasteiger partial charge >= 0.3 is 6.01 Å². The molecular weight excluding hydrogens is 244 g/mol. The number of halogens is 1. The fourth-order valence-corrected chi connectivity index (χ4v) is 2.24. The van der Waals surface area contributed by atoms with E-state index in [0.717, 1.165) is 13.0 Å². The highest BCUT2D eigenvalue weighted by Crippen LogP contribution is 2.25. The Morgan fingerprint density at radius 1 is 1.53 bits per heavy atom. The van der Waals surface area contributed by atoms with Gasteiger partial charge in [0.05, 0.1) is 6.10 Å². The number of hydrogen-bond acceptors (Lipinski definition) is 6. The summed E-state index contributed by atoms with van der Waals surface area (Å²) in [5.41, 5.74) is 0. The monoisotopic (exact) mass is 260 g/mol. The van der Waals surface area contributed by atoms with Crippen molar-refractivity contribution in [2.45, 2.75) is 24.4 Å². The van der Waals surface area contributed by atoms with E-state index in [4.69, 9.17) is 16.0 Å². The number of aliphatic hydroxyl groups is 1. The first kappa shape index (κ1) is 12.6. The van der Waals surface area contributed by atoms with Gasteiger partial charge in [-0.25, -0.2) is 0 Å². The highest BCUT2D eigenvalue weighted by atomic mass is 35.5. The predicted octanol–water partition coefficient (Wildman–Crippen LogP) is 0.310. The van der Waals surface area contributed by atoms with Gasteiger partial charge in [-0.05, 0) is 20.5 Å². The van der Waals surface area contributed by atoms with Crippen LogP contribution in [-0.4, -0.2) is 59.5 Å². The lowest BCUT2D eigenvalue weighted by Crippen LogP contribution is -2.37. The lowest BCUT2D eigenvalue weighted by Gasteiger charge is -2.24. The Kier molecular flexibility index (Phi) is 3.86. The predicted molar refractivity (Wildman–Crippen MR) is 64.2 cm³/mol. The molecule has 1 aliphatic rings. The Morgan fingerprint density at radius 3 is 2.88 bits per heavy atom. The maximum Gasteiger partial charge on any atom is 0.318 e. The molecule has 1 N–H and O–H groups in total. The van der Waals surface area contributed by atoms with E-state index in [9.17, 15) is 5.11 Å². The molecule has 1 saturated heterocycles. The van der Waals surface area contributed by atoms with Crippen molar-refractivity contribution in [2.24, 2.45) is 0 Å². The van der Waals surface area contributed by atoms with Crippen LogP contribution in [0.5, 0.6) is 0 Å². The SMILES string of the molecule is CN(C)CC1CC(O)CN1c1nnc(CCl)o1. The summed E-state index contributed by atoms with van der Waals surface area (Å²) in [6.07, 6.45) is 0.378. The Balaban J connectivity index is 2.11. The first-order valence-electron chi connectivity index (χ1n) is 5.58. The van der Waals surface area contributed by atoms with Crippen molar-refractivity contribution < 1.29 is 9.52 Å². The number of aromatic nitrogens is 2. The molecule has 0 bridgehead atoms. The second-order valence-electron chi connectivity index (χ2n) is 4.57. The number of hydrogen-bond donors (Lipinski definition) is 1. The van der Waals surface area contributed by atoms with Gasteiger partial charge in [0.25, 0.3) is 0 Å². The zero-order valence-corrected chi connectivity index (χ0v) is 10.8. The Labute approximate surface area is 105 Å². The molecule has 1 fully saturated rings. The van der Waals surface area contributed by atoms with Crippen molar-refractivity contribution >= 4 is 17.6 Å². The molecule has 0 aromatic carbocycles. The van der Waals surface area contributed by atoms with Crippen LogP contribution in [0.25, 0.3) is 0 Å². The first-order valence-corrected chi connectivity index (χ1v) is 6.11. The summed E-state index contributed by atoms with van der Waals surface area (Å²) in [7, 11) is 4.00. The number of alkyl halides is 1. The van der Waals surface area contributed by atoms with Gasteiger partial charge in [0.2, 0.25) is 5.89 Å². The van der Waals surface area contributed by atoms with Crippen molar-refractivity contribution in [2.75, 3.05) is 32.1 Å². The fraction of sp³-hybridized carbons (Fsp3) is 0.800. The number of likely N-dealkylation sites (N-methyl/N-ethyl adjacent to an activating group) is 1. The number of aliphatic hydroxyl groups excluding tert-OH is 1. The van der Waals surface area contributed by atoms with Crippen molar-refractivity contribution in [1.82, 2.24) is 15.1 Å². The third kappa shape index (κ3) is 2.88. The van der Waals surface area contributed by atoms with Crippen LogP contribution < -0.4 is 4.90 Å². The molecule has 0 spiro atoms. The lowest BCUT2D eigenvalue weighted by atomic mass is 10.2. The van der Waals surface area contributed by atoms with Gasteiger partial charge in [-0.3, -0.25) is 0 Å². The van der Waals surface area contributed by atoms with Gasteiger partial charge in [-0.1, -0.05) is 5.10 Å². The van der Waals surface area contributed by atoms with Crippen LogP contribution in [0.1, 0.15) is 12.3 Å². The van der Waals surface area contributed by atoms with Gasteiger partial charge in [0, 0.05) is 19.1 Å². The summed E-state index contributed by atoms with van der Waals surface area (Å²) < 4.78 is 5.42. The molecule has 0 radical (unpaired) electrons. The van der Waals surface area contributed by atoms with Crippen molar-refractivity contribution in [1.29, 1.82) is 0 Å². The molecule has 1 aromatic rings. The molecule has 2 heterocycles. The molecule has 96 valence electrons. The van der Waals surface area contributed by atoms with E-state index in [0.29, 0.717) is 18.5 Å². The van der Waals surface area contributed by atoms with E-state index >= 15 is 0 Å². The molecule has 17 heavy (non-hydrogen) atoms. The number of rotatable bonds is 4. The van der Waals surface area contributed by atoms with E-state index in [1.165, 1.54) is 0 Å². The van der Waals surface area contributed by atoms with Crippen LogP contribution in [0, 0.1) is 0 Å². The summed E-state index contributed by atoms with van der Waals surface area (Å²) in [5.74, 6) is 0.619. The highest BCUT2D eigenvalue weighted by molar-refractivity contribution is 6.16. The second kappa shape index (κ2) is 5.20. The molecule has 1 aromatic heterocycles. The topological polar surface area (TPSA) is 65.6 Å². The van der Waals surface area contributed by atoms with Crippen LogP contribution in [0.3, 0.4) is 0 Å². The summed E-state index contributed by atoms with van der Waals surface area (Å²) in [6, 6.07) is 0.646. The van der Waals surface area contributed by atoms with E-state index in [2.05, 4.69) is 15.1 Å². The quantitative estimate of drug-likeness (QED) is 0.786. The molecule has 0 aliphatic carbocycles. The van der Waals surface area contributed by atoms with Gasteiger partial charge in [0.1, 0.15) is 5.88 Å². The van der Waals surface area contributed by atoms with E-state index in [-0.39, 0.29) is 18.0 Å². The van der Waals surface area contributed by atoms with Crippen molar-refractivity contribution in [3.8, 4) is 0 Å². The van der Waals surface area contributed by atoms with Crippen LogP contribution in [0.2, 0.25) is 0 Å². The zero-order chi connectivity index (χ0) is 12.4. The van der Waals surface area contributed by atoms with E-state index < -0.39 is 0 Å².